The maximum atomic E-state index is 12.6. The van der Waals surface area contributed by atoms with E-state index >= 15 is 0 Å². The van der Waals surface area contributed by atoms with Crippen molar-refractivity contribution in [2.24, 2.45) is 0 Å². The third-order valence-corrected chi connectivity index (χ3v) is 6.84. The third kappa shape index (κ3) is 4.33. The fourth-order valence-corrected chi connectivity index (χ4v) is 5.14. The van der Waals surface area contributed by atoms with Gasteiger partial charge in [0.1, 0.15) is 16.7 Å². The molecule has 0 unspecified atom stereocenters. The maximum absolute atomic E-state index is 12.6. The van der Waals surface area contributed by atoms with Crippen LogP contribution in [0.3, 0.4) is 0 Å². The highest BCUT2D eigenvalue weighted by molar-refractivity contribution is 9.10. The van der Waals surface area contributed by atoms with Gasteiger partial charge in [-0.15, -0.1) is 0 Å². The van der Waals surface area contributed by atoms with Gasteiger partial charge in [0.2, 0.25) is 0 Å². The van der Waals surface area contributed by atoms with Gasteiger partial charge in [0, 0.05) is 33.7 Å². The molecule has 2 aromatic carbocycles. The topological polar surface area (TPSA) is 34.5 Å². The average molecular weight is 501 g/mol. The van der Waals surface area contributed by atoms with Crippen LogP contribution >= 0.6 is 39.9 Å². The molecule has 1 fully saturated rings. The number of nitrogens with zero attached hydrogens (tertiary/aromatic N) is 2. The Morgan fingerprint density at radius 2 is 1.97 bits per heavy atom. The van der Waals surface area contributed by atoms with Crippen molar-refractivity contribution < 1.29 is 9.53 Å². The van der Waals surface area contributed by atoms with E-state index in [9.17, 15) is 4.79 Å². The second kappa shape index (κ2) is 8.96. The van der Waals surface area contributed by atoms with Crippen LogP contribution in [0.25, 0.3) is 17.0 Å². The Balaban J connectivity index is 1.60. The van der Waals surface area contributed by atoms with Crippen LogP contribution in [0.2, 0.25) is 0 Å². The number of aromatic nitrogens is 1. The largest absolute Gasteiger partial charge is 0.492 e. The van der Waals surface area contributed by atoms with E-state index in [0.29, 0.717) is 28.9 Å². The van der Waals surface area contributed by atoms with Crippen molar-refractivity contribution in [2.45, 2.75) is 20.4 Å². The van der Waals surface area contributed by atoms with E-state index in [2.05, 4.69) is 45.8 Å². The van der Waals surface area contributed by atoms with Gasteiger partial charge in [-0.2, -0.15) is 0 Å². The molecule has 3 aromatic rings. The highest BCUT2D eigenvalue weighted by Crippen LogP contribution is 2.34. The molecule has 154 valence electrons. The molecule has 0 saturated carbocycles. The minimum absolute atomic E-state index is 0.0221. The lowest BCUT2D eigenvalue weighted by molar-refractivity contribution is -0.121. The van der Waals surface area contributed by atoms with Crippen LogP contribution in [0.5, 0.6) is 5.75 Å². The van der Waals surface area contributed by atoms with Gasteiger partial charge < -0.3 is 9.30 Å². The fraction of sp³-hybridized carbons (Fsp3) is 0.217. The normalized spacial score (nSPS) is 15.6. The summed E-state index contributed by atoms with van der Waals surface area (Å²) in [6.45, 7) is 5.84. The number of carbonyl (C=O) groups is 1. The maximum Gasteiger partial charge on any atom is 0.266 e. The first kappa shape index (κ1) is 21.2. The van der Waals surface area contributed by atoms with E-state index in [1.54, 1.807) is 4.90 Å². The number of carbonyl (C=O) groups excluding carboxylic acids is 1. The number of aryl methyl sites for hydroxylation is 1. The van der Waals surface area contributed by atoms with Crippen LogP contribution in [0.1, 0.15) is 18.1 Å². The molecule has 1 aliphatic rings. The van der Waals surface area contributed by atoms with Crippen molar-refractivity contribution in [1.29, 1.82) is 0 Å². The molecule has 4 rings (SSSR count). The molecule has 1 aliphatic heterocycles. The van der Waals surface area contributed by atoms with Crippen LogP contribution in [0.4, 0.5) is 0 Å². The number of hydrogen-bond donors (Lipinski definition) is 0. The van der Waals surface area contributed by atoms with Crippen LogP contribution < -0.4 is 4.74 Å². The Bertz CT molecular complexity index is 1150. The molecule has 0 spiro atoms. The van der Waals surface area contributed by atoms with Gasteiger partial charge in [0.15, 0.2) is 0 Å². The summed E-state index contributed by atoms with van der Waals surface area (Å²) in [6, 6.07) is 14.3. The molecular formula is C23H21BrN2O2S2. The van der Waals surface area contributed by atoms with Crippen molar-refractivity contribution in [3.05, 3.63) is 69.2 Å². The number of fused-ring (bicyclic) bond motifs is 1. The number of thiocarbonyl (C=S) groups is 1. The minimum Gasteiger partial charge on any atom is -0.492 e. The number of likely N-dealkylation sites (N-methyl/N-ethyl adjacent to an activating group) is 1. The summed E-state index contributed by atoms with van der Waals surface area (Å²) in [5.74, 6) is 0.842. The second-order valence-electron chi connectivity index (χ2n) is 7.03. The molecule has 0 aliphatic carbocycles. The van der Waals surface area contributed by atoms with Crippen LogP contribution in [0.15, 0.2) is 58.0 Å². The molecule has 4 nitrogen and oxygen atoms in total. The van der Waals surface area contributed by atoms with Crippen molar-refractivity contribution in [1.82, 2.24) is 9.47 Å². The first-order valence-corrected chi connectivity index (χ1v) is 11.7. The zero-order valence-corrected chi connectivity index (χ0v) is 19.9. The van der Waals surface area contributed by atoms with Gasteiger partial charge in [-0.05, 0) is 50.3 Å². The Labute approximate surface area is 194 Å². The molecule has 7 heteroatoms. The molecule has 1 aromatic heterocycles. The van der Waals surface area contributed by atoms with Crippen molar-refractivity contribution in [2.75, 3.05) is 13.2 Å². The predicted octanol–water partition coefficient (Wildman–Crippen LogP) is 6.01. The summed E-state index contributed by atoms with van der Waals surface area (Å²) >= 11 is 10.3. The number of benzene rings is 2. The molecule has 0 atom stereocenters. The number of rotatable bonds is 6. The number of hydrogen-bond acceptors (Lipinski definition) is 4. The van der Waals surface area contributed by atoms with E-state index in [4.69, 9.17) is 17.0 Å². The monoisotopic (exact) mass is 500 g/mol. The lowest BCUT2D eigenvalue weighted by Gasteiger charge is -2.09. The van der Waals surface area contributed by atoms with E-state index in [0.717, 1.165) is 26.7 Å². The van der Waals surface area contributed by atoms with Crippen LogP contribution in [0, 0.1) is 6.92 Å². The highest BCUT2D eigenvalue weighted by Gasteiger charge is 2.30. The van der Waals surface area contributed by atoms with Gasteiger partial charge in [0.05, 0.1) is 11.4 Å². The standard InChI is InChI=1S/C23H21BrN2O2S2/c1-3-26-22(27)21(30-23(26)29)12-16-14-25(20-9-6-17(24)13-19(16)20)10-11-28-18-7-4-15(2)5-8-18/h4-9,12-14H,3,10-11H2,1-2H3/b21-12-. The minimum atomic E-state index is -0.0221. The Morgan fingerprint density at radius 3 is 2.67 bits per heavy atom. The van der Waals surface area contributed by atoms with Gasteiger partial charge in [-0.3, -0.25) is 9.69 Å². The summed E-state index contributed by atoms with van der Waals surface area (Å²) < 4.78 is 9.70. The SMILES string of the molecule is CCN1C(=O)/C(=C/c2cn(CCOc3ccc(C)cc3)c3ccc(Br)cc23)SC1=S. The van der Waals surface area contributed by atoms with E-state index in [1.165, 1.54) is 17.3 Å². The summed E-state index contributed by atoms with van der Waals surface area (Å²) in [6.07, 6.45) is 4.02. The molecule has 2 heterocycles. The van der Waals surface area contributed by atoms with Gasteiger partial charge in [-0.1, -0.05) is 57.6 Å². The van der Waals surface area contributed by atoms with E-state index in [1.807, 2.05) is 43.3 Å². The smallest absolute Gasteiger partial charge is 0.266 e. The highest BCUT2D eigenvalue weighted by atomic mass is 79.9. The molecule has 0 radical (unpaired) electrons. The van der Waals surface area contributed by atoms with Crippen LogP contribution in [-0.4, -0.2) is 32.8 Å². The number of amides is 1. The lowest BCUT2D eigenvalue weighted by Crippen LogP contribution is -2.27. The molecule has 1 saturated heterocycles. The molecular weight excluding hydrogens is 480 g/mol. The van der Waals surface area contributed by atoms with E-state index < -0.39 is 0 Å². The van der Waals surface area contributed by atoms with Crippen molar-refractivity contribution in [3.8, 4) is 5.75 Å². The average Bonchev–Trinajstić information content (AvgIpc) is 3.19. The van der Waals surface area contributed by atoms with Crippen LogP contribution in [-0.2, 0) is 11.3 Å². The van der Waals surface area contributed by atoms with Gasteiger partial charge >= 0.3 is 0 Å². The van der Waals surface area contributed by atoms with E-state index in [-0.39, 0.29) is 5.91 Å². The molecule has 1 amide bonds. The number of halogens is 1. The molecule has 0 bridgehead atoms. The Morgan fingerprint density at radius 1 is 1.20 bits per heavy atom. The first-order chi connectivity index (χ1) is 14.5. The van der Waals surface area contributed by atoms with Crippen molar-refractivity contribution >= 4 is 67.1 Å². The fourth-order valence-electron chi connectivity index (χ4n) is 3.41. The molecule has 0 N–H and O–H groups in total. The second-order valence-corrected chi connectivity index (χ2v) is 9.62. The summed E-state index contributed by atoms with van der Waals surface area (Å²) in [5, 5.41) is 1.08. The summed E-state index contributed by atoms with van der Waals surface area (Å²) in [5.41, 5.74) is 3.31. The van der Waals surface area contributed by atoms with Crippen molar-refractivity contribution in [3.63, 3.8) is 0 Å². The third-order valence-electron chi connectivity index (χ3n) is 4.97. The predicted molar refractivity (Wildman–Crippen MR) is 132 cm³/mol. The quantitative estimate of drug-likeness (QED) is 0.306. The summed E-state index contributed by atoms with van der Waals surface area (Å²) in [7, 11) is 0. The number of ether oxygens (including phenoxy) is 1. The first-order valence-electron chi connectivity index (χ1n) is 9.69. The molecule has 30 heavy (non-hydrogen) atoms. The summed E-state index contributed by atoms with van der Waals surface area (Å²) in [4.78, 5) is 14.9. The van der Waals surface area contributed by atoms with Gasteiger partial charge in [-0.25, -0.2) is 0 Å². The lowest BCUT2D eigenvalue weighted by atomic mass is 10.1. The Hall–Kier alpha value is -2.09. The Kier molecular flexibility index (Phi) is 6.32. The zero-order valence-electron chi connectivity index (χ0n) is 16.7. The van der Waals surface area contributed by atoms with Gasteiger partial charge in [0.25, 0.3) is 5.91 Å². The zero-order chi connectivity index (χ0) is 21.3. The number of thioether (sulfide) groups is 1.